The fourth-order valence-corrected chi connectivity index (χ4v) is 5.05. The average Bonchev–Trinajstić information content (AvgIpc) is 2.65. The fraction of sp³-hybridized carbons (Fsp3) is 0.500. The molecule has 0 spiro atoms. The molecular formula is C18H24N2O5S. The minimum absolute atomic E-state index is 0.151. The number of likely N-dealkylation sites (tertiary alicyclic amines) is 1. The number of hydrogen-bond acceptors (Lipinski definition) is 5. The summed E-state index contributed by atoms with van der Waals surface area (Å²) >= 11 is 0. The minimum atomic E-state index is -3.93. The van der Waals surface area contributed by atoms with Crippen LogP contribution in [0, 0.1) is 0 Å². The van der Waals surface area contributed by atoms with Crippen molar-refractivity contribution in [2.45, 2.75) is 26.2 Å². The molecule has 7 nitrogen and oxygen atoms in total. The third-order valence-corrected chi connectivity index (χ3v) is 6.96. The van der Waals surface area contributed by atoms with Crippen molar-refractivity contribution in [2.75, 3.05) is 38.7 Å². The van der Waals surface area contributed by atoms with Gasteiger partial charge in [0.15, 0.2) is 16.4 Å². The normalized spacial score (nSPS) is 19.2. The zero-order valence-corrected chi connectivity index (χ0v) is 16.4. The quantitative estimate of drug-likeness (QED) is 0.804. The highest BCUT2D eigenvalue weighted by molar-refractivity contribution is 7.97. The minimum Gasteiger partial charge on any atom is -0.493 e. The van der Waals surface area contributed by atoms with E-state index in [1.807, 2.05) is 0 Å². The second-order valence-electron chi connectivity index (χ2n) is 6.50. The van der Waals surface area contributed by atoms with E-state index in [1.165, 1.54) is 21.3 Å². The molecule has 1 aromatic carbocycles. The number of carbonyl (C=O) groups is 1. The van der Waals surface area contributed by atoms with Gasteiger partial charge in [-0.1, -0.05) is 0 Å². The van der Waals surface area contributed by atoms with E-state index in [0.29, 0.717) is 41.4 Å². The van der Waals surface area contributed by atoms with Gasteiger partial charge in [0.05, 0.1) is 19.9 Å². The Morgan fingerprint density at radius 2 is 1.62 bits per heavy atom. The smallest absolute Gasteiger partial charge is 0.269 e. The molecule has 2 aliphatic rings. The summed E-state index contributed by atoms with van der Waals surface area (Å²) < 4.78 is 37.9. The van der Waals surface area contributed by atoms with Gasteiger partial charge in [-0.05, 0) is 37.8 Å². The maximum atomic E-state index is 13.1. The summed E-state index contributed by atoms with van der Waals surface area (Å²) in [5.74, 6) is 0.504. The highest BCUT2D eigenvalue weighted by Crippen LogP contribution is 2.44. The van der Waals surface area contributed by atoms with E-state index < -0.39 is 15.9 Å². The van der Waals surface area contributed by atoms with E-state index in [1.54, 1.807) is 24.0 Å². The van der Waals surface area contributed by atoms with Gasteiger partial charge in [0.25, 0.3) is 15.9 Å². The van der Waals surface area contributed by atoms with Crippen LogP contribution in [0.1, 0.15) is 31.7 Å². The summed E-state index contributed by atoms with van der Waals surface area (Å²) in [6.45, 7) is 2.85. The van der Waals surface area contributed by atoms with Crippen molar-refractivity contribution < 1.29 is 22.7 Å². The number of methoxy groups -OCH3 is 2. The van der Waals surface area contributed by atoms with Gasteiger partial charge < -0.3 is 14.4 Å². The molecule has 1 saturated heterocycles. The first-order valence-electron chi connectivity index (χ1n) is 8.58. The van der Waals surface area contributed by atoms with Crippen molar-refractivity contribution in [3.05, 3.63) is 22.6 Å². The summed E-state index contributed by atoms with van der Waals surface area (Å²) in [5, 5.41) is 0. The van der Waals surface area contributed by atoms with E-state index >= 15 is 0 Å². The number of rotatable bonds is 3. The maximum Gasteiger partial charge on any atom is 0.269 e. The van der Waals surface area contributed by atoms with Crippen LogP contribution in [0.3, 0.4) is 0 Å². The van der Waals surface area contributed by atoms with Crippen LogP contribution in [-0.2, 0) is 14.8 Å². The molecule has 2 aliphatic heterocycles. The lowest BCUT2D eigenvalue weighted by atomic mass is 10.0. The molecule has 0 radical (unpaired) electrons. The van der Waals surface area contributed by atoms with Crippen molar-refractivity contribution >= 4 is 27.2 Å². The van der Waals surface area contributed by atoms with Crippen LogP contribution >= 0.6 is 0 Å². The van der Waals surface area contributed by atoms with E-state index in [9.17, 15) is 13.2 Å². The molecule has 0 bridgehead atoms. The second-order valence-corrected chi connectivity index (χ2v) is 8.41. The van der Waals surface area contributed by atoms with Crippen LogP contribution < -0.4 is 13.8 Å². The monoisotopic (exact) mass is 380 g/mol. The highest BCUT2D eigenvalue weighted by atomic mass is 32.2. The number of allylic oxidation sites excluding steroid dienone is 1. The Kier molecular flexibility index (Phi) is 4.88. The van der Waals surface area contributed by atoms with Gasteiger partial charge in [0, 0.05) is 31.8 Å². The molecule has 0 aromatic heterocycles. The van der Waals surface area contributed by atoms with Crippen molar-refractivity contribution in [3.63, 3.8) is 0 Å². The van der Waals surface area contributed by atoms with Gasteiger partial charge in [-0.25, -0.2) is 8.42 Å². The molecule has 1 aromatic rings. The zero-order chi connectivity index (χ0) is 19.1. The first-order chi connectivity index (χ1) is 12.3. The highest BCUT2D eigenvalue weighted by Gasteiger charge is 2.40. The molecule has 2 heterocycles. The lowest BCUT2D eigenvalue weighted by molar-refractivity contribution is -0.127. The zero-order valence-electron chi connectivity index (χ0n) is 15.5. The first kappa shape index (κ1) is 18.6. The summed E-state index contributed by atoms with van der Waals surface area (Å²) in [5.41, 5.74) is 1.56. The third-order valence-electron chi connectivity index (χ3n) is 5.04. The SMILES string of the molecule is COc1cc2c(cc1OC)N(C)S(=O)(=O)C(C(=O)N1CCCCC1)=C2C. The number of anilines is 1. The summed E-state index contributed by atoms with van der Waals surface area (Å²) in [4.78, 5) is 14.5. The van der Waals surface area contributed by atoms with Crippen LogP contribution in [0.5, 0.6) is 11.5 Å². The second kappa shape index (κ2) is 6.83. The molecule has 0 atom stereocenters. The predicted octanol–water partition coefficient (Wildman–Crippen LogP) is 2.23. The number of benzene rings is 1. The molecule has 8 heteroatoms. The number of sulfonamides is 1. The van der Waals surface area contributed by atoms with Crippen molar-refractivity contribution in [1.82, 2.24) is 4.90 Å². The van der Waals surface area contributed by atoms with Crippen molar-refractivity contribution in [1.29, 1.82) is 0 Å². The van der Waals surface area contributed by atoms with Gasteiger partial charge in [-0.3, -0.25) is 9.10 Å². The molecule has 1 fully saturated rings. The number of carbonyl (C=O) groups excluding carboxylic acids is 1. The molecule has 3 rings (SSSR count). The van der Waals surface area contributed by atoms with E-state index in [2.05, 4.69) is 0 Å². The van der Waals surface area contributed by atoms with Crippen molar-refractivity contribution in [3.8, 4) is 11.5 Å². The number of piperidine rings is 1. The molecule has 26 heavy (non-hydrogen) atoms. The number of hydrogen-bond donors (Lipinski definition) is 0. The largest absolute Gasteiger partial charge is 0.493 e. The summed E-state index contributed by atoms with van der Waals surface area (Å²) in [6, 6.07) is 3.34. The number of ether oxygens (including phenoxy) is 2. The molecule has 1 amide bonds. The topological polar surface area (TPSA) is 76.1 Å². The Morgan fingerprint density at radius 3 is 2.19 bits per heavy atom. The standard InChI is InChI=1S/C18H24N2O5S/c1-12-13-10-15(24-3)16(25-4)11-14(13)19(2)26(22,23)17(12)18(21)20-8-6-5-7-9-20/h10-11H,5-9H2,1-4H3. The predicted molar refractivity (Wildman–Crippen MR) is 99.9 cm³/mol. The van der Waals surface area contributed by atoms with Crippen LogP contribution in [-0.4, -0.2) is 53.6 Å². The van der Waals surface area contributed by atoms with Gasteiger partial charge in [-0.15, -0.1) is 0 Å². The lowest BCUT2D eigenvalue weighted by Crippen LogP contribution is -2.43. The van der Waals surface area contributed by atoms with E-state index in [-0.39, 0.29) is 4.91 Å². The average molecular weight is 380 g/mol. The Hall–Kier alpha value is -2.22. The van der Waals surface area contributed by atoms with Crippen LogP contribution in [0.4, 0.5) is 5.69 Å². The Bertz CT molecular complexity index is 870. The number of amides is 1. The van der Waals surface area contributed by atoms with Gasteiger partial charge in [0.1, 0.15) is 0 Å². The van der Waals surface area contributed by atoms with Crippen LogP contribution in [0.25, 0.3) is 5.57 Å². The number of fused-ring (bicyclic) bond motifs is 1. The van der Waals surface area contributed by atoms with Gasteiger partial charge >= 0.3 is 0 Å². The molecule has 0 saturated carbocycles. The molecular weight excluding hydrogens is 356 g/mol. The Balaban J connectivity index is 2.19. The van der Waals surface area contributed by atoms with E-state index in [0.717, 1.165) is 23.6 Å². The number of nitrogens with zero attached hydrogens (tertiary/aromatic N) is 2. The molecule has 0 unspecified atom stereocenters. The van der Waals surface area contributed by atoms with Crippen LogP contribution in [0.2, 0.25) is 0 Å². The molecule has 0 N–H and O–H groups in total. The van der Waals surface area contributed by atoms with Crippen LogP contribution in [0.15, 0.2) is 17.0 Å². The lowest BCUT2D eigenvalue weighted by Gasteiger charge is -2.33. The third kappa shape index (κ3) is 2.82. The van der Waals surface area contributed by atoms with E-state index in [4.69, 9.17) is 9.47 Å². The van der Waals surface area contributed by atoms with Crippen molar-refractivity contribution in [2.24, 2.45) is 0 Å². The fourth-order valence-electron chi connectivity index (χ4n) is 3.52. The maximum absolute atomic E-state index is 13.1. The van der Waals surface area contributed by atoms with Gasteiger partial charge in [0.2, 0.25) is 0 Å². The Labute approximate surface area is 154 Å². The summed E-state index contributed by atoms with van der Waals surface area (Å²) in [6.07, 6.45) is 2.86. The first-order valence-corrected chi connectivity index (χ1v) is 10.0. The van der Waals surface area contributed by atoms with Gasteiger partial charge in [-0.2, -0.15) is 0 Å². The molecule has 0 aliphatic carbocycles. The summed E-state index contributed by atoms with van der Waals surface area (Å²) in [7, 11) is 0.538. The Morgan fingerprint density at radius 1 is 1.04 bits per heavy atom. The molecule has 142 valence electrons.